The van der Waals surface area contributed by atoms with Gasteiger partial charge in [-0.25, -0.2) is 0 Å². The van der Waals surface area contributed by atoms with Crippen LogP contribution in [-0.2, 0) is 4.74 Å². The van der Waals surface area contributed by atoms with Crippen molar-refractivity contribution >= 4 is 11.4 Å². The first-order valence-electron chi connectivity index (χ1n) is 5.27. The molecule has 0 saturated carbocycles. The average Bonchev–Trinajstić information content (AvgIpc) is 2.23. The van der Waals surface area contributed by atoms with Crippen LogP contribution in [0, 0.1) is 6.92 Å². The maximum absolute atomic E-state index is 5.89. The summed E-state index contributed by atoms with van der Waals surface area (Å²) in [5.41, 5.74) is 10.1. The molecule has 3 nitrogen and oxygen atoms in total. The number of hydrogen-bond acceptors (Lipinski definition) is 3. The number of nitrogens with two attached hydrogens (primary N) is 1. The van der Waals surface area contributed by atoms with Gasteiger partial charge in [-0.05, 0) is 38.5 Å². The monoisotopic (exact) mass is 208 g/mol. The fourth-order valence-corrected chi connectivity index (χ4v) is 1.73. The summed E-state index contributed by atoms with van der Waals surface area (Å²) in [4.78, 5) is 0. The number of ether oxygens (including phenoxy) is 1. The fourth-order valence-electron chi connectivity index (χ4n) is 1.73. The van der Waals surface area contributed by atoms with Gasteiger partial charge in [0.15, 0.2) is 0 Å². The molecular weight excluding hydrogens is 188 g/mol. The SMILES string of the molecule is CCNc1ccc(N)c(C)c1C(C)OC. The van der Waals surface area contributed by atoms with Crippen molar-refractivity contribution < 1.29 is 4.74 Å². The normalized spacial score (nSPS) is 12.5. The highest BCUT2D eigenvalue weighted by Gasteiger charge is 2.14. The third-order valence-electron chi connectivity index (χ3n) is 2.68. The summed E-state index contributed by atoms with van der Waals surface area (Å²) in [5.74, 6) is 0. The molecule has 1 atom stereocenters. The van der Waals surface area contributed by atoms with Gasteiger partial charge in [0, 0.05) is 30.6 Å². The minimum Gasteiger partial charge on any atom is -0.399 e. The lowest BCUT2D eigenvalue weighted by molar-refractivity contribution is 0.119. The summed E-state index contributed by atoms with van der Waals surface area (Å²) in [6.07, 6.45) is 0.0579. The molecule has 1 aromatic carbocycles. The molecule has 0 spiro atoms. The molecule has 3 N–H and O–H groups in total. The lowest BCUT2D eigenvalue weighted by atomic mass is 10.00. The average molecular weight is 208 g/mol. The van der Waals surface area contributed by atoms with Gasteiger partial charge >= 0.3 is 0 Å². The van der Waals surface area contributed by atoms with E-state index < -0.39 is 0 Å². The molecule has 0 aliphatic heterocycles. The molecule has 84 valence electrons. The molecular formula is C12H20N2O. The van der Waals surface area contributed by atoms with Crippen molar-refractivity contribution in [2.75, 3.05) is 24.7 Å². The minimum atomic E-state index is 0.0579. The Bertz CT molecular complexity index is 337. The van der Waals surface area contributed by atoms with Gasteiger partial charge in [0.1, 0.15) is 0 Å². The number of nitrogens with one attached hydrogen (secondary N) is 1. The Labute approximate surface area is 91.6 Å². The second-order valence-electron chi connectivity index (χ2n) is 3.65. The molecule has 0 amide bonds. The van der Waals surface area contributed by atoms with Crippen molar-refractivity contribution in [3.63, 3.8) is 0 Å². The van der Waals surface area contributed by atoms with Gasteiger partial charge < -0.3 is 15.8 Å². The maximum atomic E-state index is 5.89. The van der Waals surface area contributed by atoms with Crippen LogP contribution in [0.1, 0.15) is 31.1 Å². The van der Waals surface area contributed by atoms with Gasteiger partial charge in [-0.3, -0.25) is 0 Å². The summed E-state index contributed by atoms with van der Waals surface area (Å²) in [5, 5.41) is 3.32. The summed E-state index contributed by atoms with van der Waals surface area (Å²) < 4.78 is 5.36. The van der Waals surface area contributed by atoms with Gasteiger partial charge in [0.25, 0.3) is 0 Å². The van der Waals surface area contributed by atoms with Crippen LogP contribution in [-0.4, -0.2) is 13.7 Å². The lowest BCUT2D eigenvalue weighted by Crippen LogP contribution is -2.08. The van der Waals surface area contributed by atoms with Gasteiger partial charge in [-0.2, -0.15) is 0 Å². The largest absolute Gasteiger partial charge is 0.399 e. The topological polar surface area (TPSA) is 47.3 Å². The van der Waals surface area contributed by atoms with Crippen LogP contribution < -0.4 is 11.1 Å². The highest BCUT2D eigenvalue weighted by atomic mass is 16.5. The van der Waals surface area contributed by atoms with E-state index in [9.17, 15) is 0 Å². The molecule has 0 aromatic heterocycles. The quantitative estimate of drug-likeness (QED) is 0.748. The van der Waals surface area contributed by atoms with Crippen molar-refractivity contribution in [3.05, 3.63) is 23.3 Å². The Morgan fingerprint density at radius 2 is 2.13 bits per heavy atom. The fraction of sp³-hybridized carbons (Fsp3) is 0.500. The van der Waals surface area contributed by atoms with Crippen molar-refractivity contribution in [3.8, 4) is 0 Å². The number of hydrogen-bond donors (Lipinski definition) is 2. The van der Waals surface area contributed by atoms with Gasteiger partial charge in [0.2, 0.25) is 0 Å². The second-order valence-corrected chi connectivity index (χ2v) is 3.65. The first-order chi connectivity index (χ1) is 7.11. The molecule has 0 fully saturated rings. The molecule has 0 saturated heterocycles. The van der Waals surface area contributed by atoms with Crippen LogP contribution in [0.15, 0.2) is 12.1 Å². The molecule has 3 heteroatoms. The van der Waals surface area contributed by atoms with Crippen LogP contribution in [0.5, 0.6) is 0 Å². The maximum Gasteiger partial charge on any atom is 0.0816 e. The molecule has 15 heavy (non-hydrogen) atoms. The third kappa shape index (κ3) is 2.42. The lowest BCUT2D eigenvalue weighted by Gasteiger charge is -2.19. The number of benzene rings is 1. The van der Waals surface area contributed by atoms with E-state index in [4.69, 9.17) is 10.5 Å². The van der Waals surface area contributed by atoms with E-state index in [1.807, 2.05) is 26.0 Å². The zero-order valence-corrected chi connectivity index (χ0v) is 9.92. The van der Waals surface area contributed by atoms with Gasteiger partial charge in [-0.1, -0.05) is 0 Å². The summed E-state index contributed by atoms with van der Waals surface area (Å²) in [6, 6.07) is 3.94. The zero-order chi connectivity index (χ0) is 11.4. The number of rotatable bonds is 4. The predicted molar refractivity (Wildman–Crippen MR) is 65.2 cm³/mol. The Morgan fingerprint density at radius 3 is 2.67 bits per heavy atom. The van der Waals surface area contributed by atoms with Gasteiger partial charge in [-0.15, -0.1) is 0 Å². The molecule has 0 heterocycles. The van der Waals surface area contributed by atoms with E-state index in [1.165, 1.54) is 0 Å². The van der Waals surface area contributed by atoms with Crippen LogP contribution >= 0.6 is 0 Å². The Hall–Kier alpha value is -1.22. The van der Waals surface area contributed by atoms with E-state index in [-0.39, 0.29) is 6.10 Å². The van der Waals surface area contributed by atoms with Crippen LogP contribution in [0.4, 0.5) is 11.4 Å². The third-order valence-corrected chi connectivity index (χ3v) is 2.68. The Morgan fingerprint density at radius 1 is 1.47 bits per heavy atom. The molecule has 0 bridgehead atoms. The molecule has 1 unspecified atom stereocenters. The first kappa shape index (κ1) is 11.9. The molecule has 0 radical (unpaired) electrons. The first-order valence-corrected chi connectivity index (χ1v) is 5.27. The number of nitrogen functional groups attached to an aromatic ring is 1. The Balaban J connectivity index is 3.21. The van der Waals surface area contributed by atoms with E-state index in [0.717, 1.165) is 29.0 Å². The van der Waals surface area contributed by atoms with Crippen molar-refractivity contribution in [2.45, 2.75) is 26.9 Å². The van der Waals surface area contributed by atoms with Gasteiger partial charge in [0.05, 0.1) is 6.10 Å². The minimum absolute atomic E-state index is 0.0579. The second kappa shape index (κ2) is 5.03. The van der Waals surface area contributed by atoms with Crippen molar-refractivity contribution in [2.24, 2.45) is 0 Å². The predicted octanol–water partition coefficient (Wildman–Crippen LogP) is 2.72. The smallest absolute Gasteiger partial charge is 0.0816 e. The number of anilines is 2. The molecule has 1 rings (SSSR count). The van der Waals surface area contributed by atoms with Crippen LogP contribution in [0.25, 0.3) is 0 Å². The van der Waals surface area contributed by atoms with E-state index in [2.05, 4.69) is 12.2 Å². The standard InChI is InChI=1S/C12H20N2O/c1-5-14-11-7-6-10(13)8(2)12(11)9(3)15-4/h6-7,9,14H,5,13H2,1-4H3. The van der Waals surface area contributed by atoms with Crippen LogP contribution in [0.3, 0.4) is 0 Å². The van der Waals surface area contributed by atoms with Crippen molar-refractivity contribution in [1.29, 1.82) is 0 Å². The summed E-state index contributed by atoms with van der Waals surface area (Å²) >= 11 is 0. The Kier molecular flexibility index (Phi) is 3.97. The van der Waals surface area contributed by atoms with Crippen molar-refractivity contribution in [1.82, 2.24) is 0 Å². The molecule has 1 aromatic rings. The van der Waals surface area contributed by atoms with Crippen LogP contribution in [0.2, 0.25) is 0 Å². The highest BCUT2D eigenvalue weighted by Crippen LogP contribution is 2.31. The summed E-state index contributed by atoms with van der Waals surface area (Å²) in [7, 11) is 1.71. The molecule has 0 aliphatic rings. The summed E-state index contributed by atoms with van der Waals surface area (Å²) in [6.45, 7) is 7.03. The number of methoxy groups -OCH3 is 1. The van der Waals surface area contributed by atoms with E-state index >= 15 is 0 Å². The van der Waals surface area contributed by atoms with E-state index in [1.54, 1.807) is 7.11 Å². The molecule has 0 aliphatic carbocycles. The van der Waals surface area contributed by atoms with E-state index in [0.29, 0.717) is 0 Å². The highest BCUT2D eigenvalue weighted by molar-refractivity contribution is 5.64. The zero-order valence-electron chi connectivity index (χ0n) is 9.92.